The van der Waals surface area contributed by atoms with Crippen molar-refractivity contribution < 1.29 is 14.3 Å². The molecule has 23 heavy (non-hydrogen) atoms. The fourth-order valence-corrected chi connectivity index (χ4v) is 2.25. The Bertz CT molecular complexity index is 726. The van der Waals surface area contributed by atoms with Crippen molar-refractivity contribution in [3.63, 3.8) is 0 Å². The van der Waals surface area contributed by atoms with Gasteiger partial charge in [0.15, 0.2) is 0 Å². The van der Waals surface area contributed by atoms with E-state index in [9.17, 15) is 9.59 Å². The van der Waals surface area contributed by atoms with Crippen LogP contribution in [-0.2, 0) is 11.2 Å². The summed E-state index contributed by atoms with van der Waals surface area (Å²) in [7, 11) is 3.18. The summed E-state index contributed by atoms with van der Waals surface area (Å²) in [5, 5.41) is 5.36. The van der Waals surface area contributed by atoms with Crippen LogP contribution in [0.2, 0.25) is 0 Å². The van der Waals surface area contributed by atoms with Gasteiger partial charge in [-0.05, 0) is 42.3 Å². The van der Waals surface area contributed by atoms with E-state index in [4.69, 9.17) is 4.74 Å². The average molecular weight is 312 g/mol. The highest BCUT2D eigenvalue weighted by atomic mass is 16.5. The molecule has 0 radical (unpaired) electrons. The van der Waals surface area contributed by atoms with E-state index < -0.39 is 0 Å². The lowest BCUT2D eigenvalue weighted by Crippen LogP contribution is -2.19. The maximum absolute atomic E-state index is 12.2. The lowest BCUT2D eigenvalue weighted by molar-refractivity contribution is -0.115. The zero-order valence-corrected chi connectivity index (χ0v) is 13.5. The number of amides is 2. The van der Waals surface area contributed by atoms with Gasteiger partial charge in [-0.1, -0.05) is 18.2 Å². The Kier molecular flexibility index (Phi) is 5.36. The van der Waals surface area contributed by atoms with Gasteiger partial charge in [0.05, 0.1) is 13.5 Å². The second-order valence-corrected chi connectivity index (χ2v) is 5.19. The number of benzene rings is 2. The Morgan fingerprint density at radius 2 is 1.91 bits per heavy atom. The molecule has 0 fully saturated rings. The molecule has 0 saturated heterocycles. The Labute approximate surface area is 135 Å². The van der Waals surface area contributed by atoms with E-state index >= 15 is 0 Å². The molecule has 2 aromatic rings. The van der Waals surface area contributed by atoms with Crippen molar-refractivity contribution in [2.24, 2.45) is 0 Å². The van der Waals surface area contributed by atoms with Crippen LogP contribution in [0.1, 0.15) is 21.5 Å². The number of rotatable bonds is 5. The van der Waals surface area contributed by atoms with E-state index in [1.165, 1.54) is 0 Å². The van der Waals surface area contributed by atoms with Crippen molar-refractivity contribution in [1.82, 2.24) is 5.32 Å². The lowest BCUT2D eigenvalue weighted by Gasteiger charge is -2.09. The molecule has 2 N–H and O–H groups in total. The second kappa shape index (κ2) is 7.45. The number of nitrogens with one attached hydrogen (secondary N) is 2. The van der Waals surface area contributed by atoms with E-state index in [1.54, 1.807) is 38.4 Å². The van der Waals surface area contributed by atoms with Crippen LogP contribution in [0.3, 0.4) is 0 Å². The van der Waals surface area contributed by atoms with Gasteiger partial charge in [0.25, 0.3) is 5.91 Å². The molecule has 5 heteroatoms. The second-order valence-electron chi connectivity index (χ2n) is 5.19. The first-order valence-electron chi connectivity index (χ1n) is 7.29. The molecule has 0 aromatic heterocycles. The molecule has 0 aliphatic heterocycles. The summed E-state index contributed by atoms with van der Waals surface area (Å²) < 4.78 is 5.26. The third-order valence-corrected chi connectivity index (χ3v) is 3.47. The van der Waals surface area contributed by atoms with Crippen molar-refractivity contribution >= 4 is 17.5 Å². The Hall–Kier alpha value is -2.82. The standard InChI is InChI=1S/C18H20N2O3/c1-12-7-8-13(9-16(12)23-3)10-17(21)20-15-6-4-5-14(11-15)18(22)19-2/h4-9,11H,10H2,1-3H3,(H,19,22)(H,20,21). The lowest BCUT2D eigenvalue weighted by atomic mass is 10.1. The maximum atomic E-state index is 12.2. The third kappa shape index (κ3) is 4.32. The molecule has 0 aliphatic rings. The van der Waals surface area contributed by atoms with E-state index in [0.717, 1.165) is 16.9 Å². The maximum Gasteiger partial charge on any atom is 0.251 e. The van der Waals surface area contributed by atoms with Crippen LogP contribution in [0.5, 0.6) is 5.75 Å². The molecule has 0 spiro atoms. The molecule has 0 unspecified atom stereocenters. The number of aryl methyl sites for hydroxylation is 1. The number of hydrogen-bond donors (Lipinski definition) is 2. The van der Waals surface area contributed by atoms with E-state index in [0.29, 0.717) is 11.3 Å². The third-order valence-electron chi connectivity index (χ3n) is 3.47. The van der Waals surface area contributed by atoms with Crippen molar-refractivity contribution in [3.05, 3.63) is 59.2 Å². The number of ether oxygens (including phenoxy) is 1. The summed E-state index contributed by atoms with van der Waals surface area (Å²) >= 11 is 0. The highest BCUT2D eigenvalue weighted by Gasteiger charge is 2.08. The van der Waals surface area contributed by atoms with Crippen LogP contribution < -0.4 is 15.4 Å². The van der Waals surface area contributed by atoms with Crippen LogP contribution in [0.4, 0.5) is 5.69 Å². The molecular formula is C18H20N2O3. The summed E-state index contributed by atoms with van der Waals surface area (Å²) in [6.07, 6.45) is 0.237. The van der Waals surface area contributed by atoms with Gasteiger partial charge in [-0.2, -0.15) is 0 Å². The highest BCUT2D eigenvalue weighted by molar-refractivity contribution is 5.97. The smallest absolute Gasteiger partial charge is 0.251 e. The molecule has 5 nitrogen and oxygen atoms in total. The summed E-state index contributed by atoms with van der Waals surface area (Å²) in [4.78, 5) is 23.8. The van der Waals surface area contributed by atoms with Crippen molar-refractivity contribution in [3.8, 4) is 5.75 Å². The van der Waals surface area contributed by atoms with E-state index in [2.05, 4.69) is 10.6 Å². The number of carbonyl (C=O) groups is 2. The summed E-state index contributed by atoms with van der Waals surface area (Å²) in [5.41, 5.74) is 2.99. The Balaban J connectivity index is 2.06. The van der Waals surface area contributed by atoms with Gasteiger partial charge < -0.3 is 15.4 Å². The summed E-state index contributed by atoms with van der Waals surface area (Å²) in [5.74, 6) is 0.422. The largest absolute Gasteiger partial charge is 0.496 e. The van der Waals surface area contributed by atoms with Crippen molar-refractivity contribution in [2.45, 2.75) is 13.3 Å². The average Bonchev–Trinajstić information content (AvgIpc) is 2.56. The van der Waals surface area contributed by atoms with Crippen LogP contribution in [-0.4, -0.2) is 26.0 Å². The van der Waals surface area contributed by atoms with Gasteiger partial charge in [0.1, 0.15) is 5.75 Å². The quantitative estimate of drug-likeness (QED) is 0.891. The molecule has 0 saturated carbocycles. The van der Waals surface area contributed by atoms with Gasteiger partial charge in [-0.3, -0.25) is 9.59 Å². The minimum Gasteiger partial charge on any atom is -0.496 e. The number of hydrogen-bond acceptors (Lipinski definition) is 3. The van der Waals surface area contributed by atoms with Crippen LogP contribution >= 0.6 is 0 Å². The van der Waals surface area contributed by atoms with Gasteiger partial charge in [0, 0.05) is 18.3 Å². The molecule has 120 valence electrons. The normalized spacial score (nSPS) is 10.0. The predicted molar refractivity (Wildman–Crippen MR) is 89.9 cm³/mol. The van der Waals surface area contributed by atoms with Crippen LogP contribution in [0, 0.1) is 6.92 Å². The SMILES string of the molecule is CNC(=O)c1cccc(NC(=O)Cc2ccc(C)c(OC)c2)c1. The molecule has 2 rings (SSSR count). The molecule has 2 aromatic carbocycles. The van der Waals surface area contributed by atoms with Crippen molar-refractivity contribution in [2.75, 3.05) is 19.5 Å². The fourth-order valence-electron chi connectivity index (χ4n) is 2.25. The summed E-state index contributed by atoms with van der Waals surface area (Å²) in [6.45, 7) is 1.95. The van der Waals surface area contributed by atoms with Gasteiger partial charge in [0.2, 0.25) is 5.91 Å². The topological polar surface area (TPSA) is 67.4 Å². The molecule has 0 bridgehead atoms. The number of carbonyl (C=O) groups excluding carboxylic acids is 2. The predicted octanol–water partition coefficient (Wildman–Crippen LogP) is 2.54. The molecule has 0 atom stereocenters. The molecule has 0 aliphatic carbocycles. The van der Waals surface area contributed by atoms with Crippen LogP contribution in [0.25, 0.3) is 0 Å². The summed E-state index contributed by atoms with van der Waals surface area (Å²) in [6, 6.07) is 12.5. The van der Waals surface area contributed by atoms with E-state index in [1.807, 2.05) is 25.1 Å². The van der Waals surface area contributed by atoms with Crippen molar-refractivity contribution in [1.29, 1.82) is 0 Å². The zero-order chi connectivity index (χ0) is 16.8. The minimum atomic E-state index is -0.190. The first kappa shape index (κ1) is 16.5. The molecular weight excluding hydrogens is 292 g/mol. The first-order chi connectivity index (χ1) is 11.0. The molecule has 0 heterocycles. The minimum absolute atomic E-state index is 0.148. The fraction of sp³-hybridized carbons (Fsp3) is 0.222. The molecule has 2 amide bonds. The van der Waals surface area contributed by atoms with E-state index in [-0.39, 0.29) is 18.2 Å². The highest BCUT2D eigenvalue weighted by Crippen LogP contribution is 2.19. The number of anilines is 1. The first-order valence-corrected chi connectivity index (χ1v) is 7.29. The Morgan fingerprint density at radius 1 is 1.13 bits per heavy atom. The van der Waals surface area contributed by atoms with Crippen LogP contribution in [0.15, 0.2) is 42.5 Å². The van der Waals surface area contributed by atoms with Gasteiger partial charge in [-0.25, -0.2) is 0 Å². The zero-order valence-electron chi connectivity index (χ0n) is 13.5. The van der Waals surface area contributed by atoms with Gasteiger partial charge in [-0.15, -0.1) is 0 Å². The monoisotopic (exact) mass is 312 g/mol. The Morgan fingerprint density at radius 3 is 2.61 bits per heavy atom. The van der Waals surface area contributed by atoms with Gasteiger partial charge >= 0.3 is 0 Å². The number of methoxy groups -OCH3 is 1.